The molecule has 0 aliphatic carbocycles. The maximum Gasteiger partial charge on any atom is 0.343 e. The van der Waals surface area contributed by atoms with E-state index in [9.17, 15) is 4.79 Å². The molecule has 0 saturated heterocycles. The third-order valence-electron chi connectivity index (χ3n) is 3.21. The first kappa shape index (κ1) is 15.8. The minimum atomic E-state index is -0.211. The van der Waals surface area contributed by atoms with Crippen LogP contribution in [-0.2, 0) is 7.05 Å². The highest BCUT2D eigenvalue weighted by Gasteiger charge is 2.11. The molecule has 0 aromatic carbocycles. The van der Waals surface area contributed by atoms with Gasteiger partial charge in [-0.15, -0.1) is 5.10 Å². The lowest BCUT2D eigenvalue weighted by Gasteiger charge is -2.16. The van der Waals surface area contributed by atoms with E-state index in [-0.39, 0.29) is 5.69 Å². The summed E-state index contributed by atoms with van der Waals surface area (Å²) in [7, 11) is 1.69. The van der Waals surface area contributed by atoms with E-state index in [4.69, 9.17) is 0 Å². The molecule has 21 heavy (non-hydrogen) atoms. The van der Waals surface area contributed by atoms with E-state index >= 15 is 0 Å². The SMILES string of the molecule is CCCNC(CC)c1ccc(Sc2n[nH]c(=O)n2C)cn1. The van der Waals surface area contributed by atoms with E-state index in [0.29, 0.717) is 11.2 Å². The average Bonchev–Trinajstić information content (AvgIpc) is 2.81. The smallest absolute Gasteiger partial charge is 0.309 e. The summed E-state index contributed by atoms with van der Waals surface area (Å²) >= 11 is 1.42. The van der Waals surface area contributed by atoms with Crippen LogP contribution >= 0.6 is 11.8 Å². The zero-order chi connectivity index (χ0) is 15.2. The number of hydrogen-bond donors (Lipinski definition) is 2. The van der Waals surface area contributed by atoms with Gasteiger partial charge in [-0.05, 0) is 43.3 Å². The van der Waals surface area contributed by atoms with Crippen molar-refractivity contribution in [3.05, 3.63) is 34.5 Å². The van der Waals surface area contributed by atoms with Gasteiger partial charge in [0.2, 0.25) is 0 Å². The van der Waals surface area contributed by atoms with Crippen molar-refractivity contribution < 1.29 is 0 Å². The molecule has 2 N–H and O–H groups in total. The molecule has 2 aromatic heterocycles. The Morgan fingerprint density at radius 1 is 1.43 bits per heavy atom. The Morgan fingerprint density at radius 2 is 2.24 bits per heavy atom. The van der Waals surface area contributed by atoms with Gasteiger partial charge >= 0.3 is 5.69 Å². The maximum absolute atomic E-state index is 11.3. The van der Waals surface area contributed by atoms with Crippen molar-refractivity contribution in [1.29, 1.82) is 0 Å². The number of aromatic nitrogens is 4. The summed E-state index contributed by atoms with van der Waals surface area (Å²) in [5.74, 6) is 0. The van der Waals surface area contributed by atoms with Crippen LogP contribution in [0.1, 0.15) is 38.4 Å². The molecule has 0 amide bonds. The predicted octanol–water partition coefficient (Wildman–Crippen LogP) is 2.11. The molecule has 0 bridgehead atoms. The topological polar surface area (TPSA) is 75.6 Å². The van der Waals surface area contributed by atoms with Gasteiger partial charge in [0.05, 0.1) is 5.69 Å². The molecule has 0 saturated carbocycles. The number of rotatable bonds is 7. The molecule has 0 radical (unpaired) electrons. The highest BCUT2D eigenvalue weighted by Crippen LogP contribution is 2.25. The molecule has 0 spiro atoms. The number of H-pyrrole nitrogens is 1. The summed E-state index contributed by atoms with van der Waals surface area (Å²) in [6.45, 7) is 5.30. The summed E-state index contributed by atoms with van der Waals surface area (Å²) in [4.78, 5) is 16.8. The number of pyridine rings is 1. The zero-order valence-corrected chi connectivity index (χ0v) is 13.4. The van der Waals surface area contributed by atoms with Crippen LogP contribution in [-0.4, -0.2) is 26.3 Å². The molecule has 1 unspecified atom stereocenters. The van der Waals surface area contributed by atoms with Crippen LogP contribution in [0.2, 0.25) is 0 Å². The molecular formula is C14H21N5OS. The summed E-state index contributed by atoms with van der Waals surface area (Å²) in [5, 5.41) is 10.5. The Labute approximate surface area is 128 Å². The molecule has 6 nitrogen and oxygen atoms in total. The van der Waals surface area contributed by atoms with Crippen LogP contribution in [0.15, 0.2) is 33.2 Å². The first-order chi connectivity index (χ1) is 10.2. The number of nitrogens with one attached hydrogen (secondary N) is 2. The van der Waals surface area contributed by atoms with Crippen LogP contribution in [0.5, 0.6) is 0 Å². The summed E-state index contributed by atoms with van der Waals surface area (Å²) < 4.78 is 1.48. The van der Waals surface area contributed by atoms with Gasteiger partial charge in [0.15, 0.2) is 5.16 Å². The van der Waals surface area contributed by atoms with Crippen molar-refractivity contribution >= 4 is 11.8 Å². The molecule has 114 valence electrons. The Kier molecular flexibility index (Phi) is 5.58. The Morgan fingerprint density at radius 3 is 2.76 bits per heavy atom. The highest BCUT2D eigenvalue weighted by atomic mass is 32.2. The minimum Gasteiger partial charge on any atom is -0.309 e. The van der Waals surface area contributed by atoms with E-state index in [1.54, 1.807) is 7.05 Å². The van der Waals surface area contributed by atoms with Gasteiger partial charge in [0.1, 0.15) is 0 Å². The molecule has 2 aromatic rings. The fourth-order valence-corrected chi connectivity index (χ4v) is 2.73. The molecule has 0 aliphatic heterocycles. The minimum absolute atomic E-state index is 0.211. The van der Waals surface area contributed by atoms with Crippen LogP contribution in [0, 0.1) is 0 Å². The van der Waals surface area contributed by atoms with Gasteiger partial charge in [0, 0.05) is 24.2 Å². The molecule has 2 heterocycles. The second-order valence-corrected chi connectivity index (χ2v) is 5.85. The van der Waals surface area contributed by atoms with Gasteiger partial charge in [-0.1, -0.05) is 13.8 Å². The summed E-state index contributed by atoms with van der Waals surface area (Å²) in [6.07, 6.45) is 3.94. The number of aromatic amines is 1. The lowest BCUT2D eigenvalue weighted by Crippen LogP contribution is -2.22. The maximum atomic E-state index is 11.3. The first-order valence-electron chi connectivity index (χ1n) is 7.14. The van der Waals surface area contributed by atoms with E-state index in [1.807, 2.05) is 18.3 Å². The van der Waals surface area contributed by atoms with Crippen molar-refractivity contribution in [3.8, 4) is 0 Å². The summed E-state index contributed by atoms with van der Waals surface area (Å²) in [6, 6.07) is 4.34. The number of nitrogens with zero attached hydrogens (tertiary/aromatic N) is 3. The van der Waals surface area contributed by atoms with E-state index < -0.39 is 0 Å². The average molecular weight is 307 g/mol. The quantitative estimate of drug-likeness (QED) is 0.819. The van der Waals surface area contributed by atoms with Crippen molar-refractivity contribution in [3.63, 3.8) is 0 Å². The fourth-order valence-electron chi connectivity index (χ4n) is 1.96. The van der Waals surface area contributed by atoms with Gasteiger partial charge in [0.25, 0.3) is 0 Å². The lowest BCUT2D eigenvalue weighted by molar-refractivity contribution is 0.507. The second-order valence-electron chi connectivity index (χ2n) is 4.81. The van der Waals surface area contributed by atoms with Crippen LogP contribution in [0.3, 0.4) is 0 Å². The number of hydrogen-bond acceptors (Lipinski definition) is 5. The van der Waals surface area contributed by atoms with Crippen molar-refractivity contribution in [2.75, 3.05) is 6.54 Å². The predicted molar refractivity (Wildman–Crippen MR) is 83.5 cm³/mol. The third-order valence-corrected chi connectivity index (χ3v) is 4.24. The lowest BCUT2D eigenvalue weighted by atomic mass is 10.1. The fraction of sp³-hybridized carbons (Fsp3) is 0.500. The largest absolute Gasteiger partial charge is 0.343 e. The van der Waals surface area contributed by atoms with Gasteiger partial charge < -0.3 is 5.32 Å². The molecule has 0 fully saturated rings. The zero-order valence-electron chi connectivity index (χ0n) is 12.6. The van der Waals surface area contributed by atoms with Gasteiger partial charge in [-0.2, -0.15) is 0 Å². The van der Waals surface area contributed by atoms with E-state index in [0.717, 1.165) is 30.0 Å². The van der Waals surface area contributed by atoms with Gasteiger partial charge in [-0.25, -0.2) is 9.89 Å². The third kappa shape index (κ3) is 3.95. The Bertz CT molecular complexity index is 619. The first-order valence-corrected chi connectivity index (χ1v) is 7.96. The van der Waals surface area contributed by atoms with Crippen molar-refractivity contribution in [1.82, 2.24) is 25.1 Å². The Hall–Kier alpha value is -1.60. The summed E-state index contributed by atoms with van der Waals surface area (Å²) in [5.41, 5.74) is 0.836. The van der Waals surface area contributed by atoms with Crippen molar-refractivity contribution in [2.24, 2.45) is 7.05 Å². The van der Waals surface area contributed by atoms with Crippen LogP contribution < -0.4 is 11.0 Å². The normalized spacial score (nSPS) is 12.5. The van der Waals surface area contributed by atoms with E-state index in [1.165, 1.54) is 16.3 Å². The van der Waals surface area contributed by atoms with E-state index in [2.05, 4.69) is 34.3 Å². The van der Waals surface area contributed by atoms with Gasteiger partial charge in [-0.3, -0.25) is 9.55 Å². The molecule has 2 rings (SSSR count). The van der Waals surface area contributed by atoms with Crippen molar-refractivity contribution in [2.45, 2.75) is 42.8 Å². The molecule has 0 aliphatic rings. The Balaban J connectivity index is 2.07. The second kappa shape index (κ2) is 7.42. The molecular weight excluding hydrogens is 286 g/mol. The monoisotopic (exact) mass is 307 g/mol. The molecule has 1 atom stereocenters. The molecule has 7 heteroatoms. The van der Waals surface area contributed by atoms with Crippen LogP contribution in [0.25, 0.3) is 0 Å². The highest BCUT2D eigenvalue weighted by molar-refractivity contribution is 7.99. The standard InChI is InChI=1S/C14H21N5OS/c1-4-8-15-11(5-2)12-7-6-10(9-16-12)21-14-18-17-13(20)19(14)3/h6-7,9,11,15H,4-5,8H2,1-3H3,(H,17,20). The van der Waals surface area contributed by atoms with Crippen LogP contribution in [0.4, 0.5) is 0 Å².